The molecule has 1 aliphatic carbocycles. The van der Waals surface area contributed by atoms with E-state index in [1.807, 2.05) is 6.92 Å². The van der Waals surface area contributed by atoms with Gasteiger partial charge in [-0.15, -0.1) is 10.2 Å². The van der Waals surface area contributed by atoms with Crippen LogP contribution >= 0.6 is 23.1 Å². The topological polar surface area (TPSA) is 99.0 Å². The van der Waals surface area contributed by atoms with E-state index in [0.717, 1.165) is 61.4 Å². The van der Waals surface area contributed by atoms with Gasteiger partial charge in [-0.2, -0.15) is 4.98 Å². The number of fused-ring (bicyclic) bond motifs is 1. The molecule has 1 fully saturated rings. The number of aryl methyl sites for hydroxylation is 1. The van der Waals surface area contributed by atoms with Crippen LogP contribution in [0.3, 0.4) is 0 Å². The SMILES string of the molecule is CCc1nnc(NC(=O)CSc2nc(=O)n(CC3CCCO3)c3c2CCC3)s1. The third-order valence-electron chi connectivity index (χ3n) is 4.97. The van der Waals surface area contributed by atoms with E-state index in [9.17, 15) is 9.59 Å². The van der Waals surface area contributed by atoms with E-state index in [0.29, 0.717) is 16.7 Å². The quantitative estimate of drug-likeness (QED) is 0.540. The van der Waals surface area contributed by atoms with Gasteiger partial charge in [-0.25, -0.2) is 4.79 Å². The molecule has 1 N–H and O–H groups in total. The average molecular weight is 422 g/mol. The molecule has 0 saturated carbocycles. The van der Waals surface area contributed by atoms with Crippen LogP contribution in [0.5, 0.6) is 0 Å². The smallest absolute Gasteiger partial charge is 0.348 e. The van der Waals surface area contributed by atoms with Crippen LogP contribution in [0.2, 0.25) is 0 Å². The summed E-state index contributed by atoms with van der Waals surface area (Å²) in [5.41, 5.74) is 1.94. The number of nitrogens with zero attached hydrogens (tertiary/aromatic N) is 4. The van der Waals surface area contributed by atoms with Gasteiger partial charge in [-0.05, 0) is 38.5 Å². The number of anilines is 1. The van der Waals surface area contributed by atoms with Crippen molar-refractivity contribution >= 4 is 34.1 Å². The van der Waals surface area contributed by atoms with E-state index < -0.39 is 0 Å². The zero-order valence-electron chi connectivity index (χ0n) is 15.8. The highest BCUT2D eigenvalue weighted by Crippen LogP contribution is 2.30. The maximum atomic E-state index is 12.6. The minimum atomic E-state index is -0.240. The second-order valence-electron chi connectivity index (χ2n) is 6.92. The highest BCUT2D eigenvalue weighted by molar-refractivity contribution is 8.00. The largest absolute Gasteiger partial charge is 0.376 e. The summed E-state index contributed by atoms with van der Waals surface area (Å²) in [4.78, 5) is 29.2. The van der Waals surface area contributed by atoms with Gasteiger partial charge in [0.25, 0.3) is 0 Å². The van der Waals surface area contributed by atoms with E-state index in [-0.39, 0.29) is 23.5 Å². The van der Waals surface area contributed by atoms with Crippen molar-refractivity contribution in [3.63, 3.8) is 0 Å². The summed E-state index contributed by atoms with van der Waals surface area (Å²) in [5, 5.41) is 12.8. The number of carbonyl (C=O) groups is 1. The van der Waals surface area contributed by atoms with Crippen LogP contribution in [-0.4, -0.2) is 44.1 Å². The van der Waals surface area contributed by atoms with Crippen molar-refractivity contribution in [3.05, 3.63) is 26.7 Å². The normalized spacial score (nSPS) is 18.4. The fourth-order valence-corrected chi connectivity index (χ4v) is 5.19. The lowest BCUT2D eigenvalue weighted by Crippen LogP contribution is -2.31. The average Bonchev–Trinajstić information content (AvgIpc) is 3.44. The number of ether oxygens (including phenoxy) is 1. The van der Waals surface area contributed by atoms with Gasteiger partial charge >= 0.3 is 5.69 Å². The van der Waals surface area contributed by atoms with Gasteiger partial charge in [-0.1, -0.05) is 30.0 Å². The maximum absolute atomic E-state index is 12.6. The van der Waals surface area contributed by atoms with Crippen LogP contribution in [0, 0.1) is 0 Å². The van der Waals surface area contributed by atoms with Gasteiger partial charge in [0, 0.05) is 17.9 Å². The zero-order chi connectivity index (χ0) is 19.5. The lowest BCUT2D eigenvalue weighted by atomic mass is 10.2. The lowest BCUT2D eigenvalue weighted by molar-refractivity contribution is -0.113. The summed E-state index contributed by atoms with van der Waals surface area (Å²) < 4.78 is 7.48. The fraction of sp³-hybridized carbons (Fsp3) is 0.611. The van der Waals surface area contributed by atoms with Crippen LogP contribution in [0.15, 0.2) is 9.82 Å². The second-order valence-corrected chi connectivity index (χ2v) is 8.94. The molecule has 1 atom stereocenters. The Hall–Kier alpha value is -1.78. The van der Waals surface area contributed by atoms with E-state index in [1.165, 1.54) is 23.1 Å². The predicted molar refractivity (Wildman–Crippen MR) is 108 cm³/mol. The van der Waals surface area contributed by atoms with Gasteiger partial charge in [0.05, 0.1) is 18.4 Å². The van der Waals surface area contributed by atoms with Gasteiger partial charge in [0.1, 0.15) is 10.0 Å². The molecule has 2 aliphatic rings. The first kappa shape index (κ1) is 19.5. The molecule has 0 aromatic carbocycles. The molecule has 28 heavy (non-hydrogen) atoms. The standard InChI is InChI=1S/C18H23N5O3S2/c1-2-15-21-22-17(28-15)19-14(24)10-27-16-12-6-3-7-13(12)23(18(25)20-16)9-11-5-4-8-26-11/h11H,2-10H2,1H3,(H,19,22,24). The van der Waals surface area contributed by atoms with Crippen LogP contribution in [-0.2, 0) is 35.3 Å². The van der Waals surface area contributed by atoms with Gasteiger partial charge in [0.15, 0.2) is 0 Å². The molecule has 150 valence electrons. The molecular weight excluding hydrogens is 398 g/mol. The Kier molecular flexibility index (Phi) is 6.07. The molecule has 0 spiro atoms. The van der Waals surface area contributed by atoms with Crippen LogP contribution in [0.1, 0.15) is 42.5 Å². The molecule has 1 amide bonds. The molecule has 4 rings (SSSR count). The van der Waals surface area contributed by atoms with Crippen molar-refractivity contribution in [3.8, 4) is 0 Å². The summed E-state index contributed by atoms with van der Waals surface area (Å²) in [6.45, 7) is 3.35. The van der Waals surface area contributed by atoms with Crippen LogP contribution < -0.4 is 11.0 Å². The minimum absolute atomic E-state index is 0.105. The van der Waals surface area contributed by atoms with E-state index in [1.54, 1.807) is 4.57 Å². The van der Waals surface area contributed by atoms with Gasteiger partial charge in [-0.3, -0.25) is 14.7 Å². The Morgan fingerprint density at radius 1 is 1.36 bits per heavy atom. The summed E-state index contributed by atoms with van der Waals surface area (Å²) in [5.74, 6) is 0.0243. The summed E-state index contributed by atoms with van der Waals surface area (Å²) in [7, 11) is 0. The van der Waals surface area contributed by atoms with Crippen molar-refractivity contribution in [2.45, 2.75) is 63.1 Å². The number of thioether (sulfide) groups is 1. The number of hydrogen-bond acceptors (Lipinski definition) is 8. The second kappa shape index (κ2) is 8.71. The van der Waals surface area contributed by atoms with Gasteiger partial charge < -0.3 is 4.74 Å². The van der Waals surface area contributed by atoms with E-state index in [2.05, 4.69) is 20.5 Å². The van der Waals surface area contributed by atoms with Gasteiger partial charge in [0.2, 0.25) is 11.0 Å². The molecule has 1 saturated heterocycles. The van der Waals surface area contributed by atoms with Crippen molar-refractivity contribution in [2.75, 3.05) is 17.7 Å². The Morgan fingerprint density at radius 2 is 2.25 bits per heavy atom. The monoisotopic (exact) mass is 421 g/mol. The number of nitrogens with one attached hydrogen (secondary N) is 1. The lowest BCUT2D eigenvalue weighted by Gasteiger charge is -2.17. The number of rotatable bonds is 7. The summed E-state index contributed by atoms with van der Waals surface area (Å²) >= 11 is 2.70. The highest BCUT2D eigenvalue weighted by Gasteiger charge is 2.25. The highest BCUT2D eigenvalue weighted by atomic mass is 32.2. The van der Waals surface area contributed by atoms with Crippen molar-refractivity contribution in [1.82, 2.24) is 19.7 Å². The maximum Gasteiger partial charge on any atom is 0.348 e. The van der Waals surface area contributed by atoms with Crippen LogP contribution in [0.25, 0.3) is 0 Å². The number of hydrogen-bond donors (Lipinski definition) is 1. The number of aromatic nitrogens is 4. The molecule has 3 heterocycles. The minimum Gasteiger partial charge on any atom is -0.376 e. The third kappa shape index (κ3) is 4.28. The predicted octanol–water partition coefficient (Wildman–Crippen LogP) is 2.06. The fourth-order valence-electron chi connectivity index (χ4n) is 3.62. The Labute approximate surface area is 171 Å². The molecular formula is C18H23N5O3S2. The summed E-state index contributed by atoms with van der Waals surface area (Å²) in [6.07, 6.45) is 5.72. The molecule has 1 aliphatic heterocycles. The molecule has 10 heteroatoms. The first-order chi connectivity index (χ1) is 13.6. The molecule has 0 radical (unpaired) electrons. The molecule has 8 nitrogen and oxygen atoms in total. The zero-order valence-corrected chi connectivity index (χ0v) is 17.4. The molecule has 2 aromatic rings. The van der Waals surface area contributed by atoms with E-state index in [4.69, 9.17) is 4.74 Å². The molecule has 0 bridgehead atoms. The van der Waals surface area contributed by atoms with Crippen LogP contribution in [0.4, 0.5) is 5.13 Å². The Balaban J connectivity index is 1.44. The summed E-state index contributed by atoms with van der Waals surface area (Å²) in [6, 6.07) is 0. The molecule has 1 unspecified atom stereocenters. The first-order valence-electron chi connectivity index (χ1n) is 9.63. The number of carbonyl (C=O) groups excluding carboxylic acids is 1. The van der Waals surface area contributed by atoms with E-state index >= 15 is 0 Å². The van der Waals surface area contributed by atoms with Crippen molar-refractivity contribution in [2.24, 2.45) is 0 Å². The Morgan fingerprint density at radius 3 is 3.00 bits per heavy atom. The van der Waals surface area contributed by atoms with Crippen molar-refractivity contribution in [1.29, 1.82) is 0 Å². The first-order valence-corrected chi connectivity index (χ1v) is 11.4. The third-order valence-corrected chi connectivity index (χ3v) is 6.97. The van der Waals surface area contributed by atoms with Crippen molar-refractivity contribution < 1.29 is 9.53 Å². The number of amides is 1. The molecule has 2 aromatic heterocycles. The Bertz CT molecular complexity index is 920.